The number of Topliss-reactive ketones (excluding diaryl/α,β-unsaturated/α-hetero) is 1. The molecule has 0 spiro atoms. The van der Waals surface area contributed by atoms with E-state index in [0.29, 0.717) is 17.1 Å². The van der Waals surface area contributed by atoms with Gasteiger partial charge in [0.25, 0.3) is 0 Å². The molecule has 2 rings (SSSR count). The van der Waals surface area contributed by atoms with Gasteiger partial charge in [-0.15, -0.1) is 10.2 Å². The van der Waals surface area contributed by atoms with Crippen molar-refractivity contribution in [1.82, 2.24) is 10.2 Å². The first-order chi connectivity index (χ1) is 9.06. The molecule has 0 saturated carbocycles. The lowest BCUT2D eigenvalue weighted by atomic mass is 10.1. The number of nitrogens with one attached hydrogen (secondary N) is 1. The number of ketones is 1. The monoisotopic (exact) mass is 323 g/mol. The van der Waals surface area contributed by atoms with Gasteiger partial charge in [-0.1, -0.05) is 15.9 Å². The van der Waals surface area contributed by atoms with Crippen LogP contribution >= 0.6 is 15.9 Å². The van der Waals surface area contributed by atoms with E-state index in [-0.39, 0.29) is 18.1 Å². The Morgan fingerprint density at radius 3 is 2.74 bits per heavy atom. The summed E-state index contributed by atoms with van der Waals surface area (Å²) in [6.45, 7) is 1.67. The van der Waals surface area contributed by atoms with Crippen molar-refractivity contribution < 1.29 is 9.18 Å². The molecule has 0 unspecified atom stereocenters. The van der Waals surface area contributed by atoms with Gasteiger partial charge in [-0.3, -0.25) is 4.79 Å². The molecule has 0 bridgehead atoms. The molecule has 0 aliphatic rings. The van der Waals surface area contributed by atoms with Crippen LogP contribution in [0.2, 0.25) is 0 Å². The van der Waals surface area contributed by atoms with E-state index in [0.717, 1.165) is 4.47 Å². The molecule has 6 heteroatoms. The van der Waals surface area contributed by atoms with Crippen LogP contribution in [-0.4, -0.2) is 22.5 Å². The number of hydrogen-bond donors (Lipinski definition) is 1. The van der Waals surface area contributed by atoms with Crippen molar-refractivity contribution in [3.05, 3.63) is 40.6 Å². The summed E-state index contributed by atoms with van der Waals surface area (Å²) in [6.07, 6.45) is 0. The first kappa shape index (κ1) is 13.6. The summed E-state index contributed by atoms with van der Waals surface area (Å²) in [4.78, 5) is 10.8. The summed E-state index contributed by atoms with van der Waals surface area (Å²) in [5.74, 6) is 0.125. The largest absolute Gasteiger partial charge is 0.362 e. The summed E-state index contributed by atoms with van der Waals surface area (Å²) < 4.78 is 14.4. The summed E-state index contributed by atoms with van der Waals surface area (Å²) >= 11 is 3.28. The van der Waals surface area contributed by atoms with Crippen LogP contribution in [-0.2, 0) is 4.79 Å². The molecule has 0 fully saturated rings. The minimum atomic E-state index is -0.359. The average Bonchev–Trinajstić information content (AvgIpc) is 2.40. The van der Waals surface area contributed by atoms with Crippen LogP contribution in [0.4, 0.5) is 10.2 Å². The van der Waals surface area contributed by atoms with E-state index in [4.69, 9.17) is 0 Å². The Bertz CT molecular complexity index is 601. The van der Waals surface area contributed by atoms with Gasteiger partial charge in [0.05, 0.1) is 12.2 Å². The SMILES string of the molecule is CC(=O)CNc1ccc(-c2cc(Br)ccc2F)nn1. The zero-order chi connectivity index (χ0) is 13.8. The number of carbonyl (C=O) groups is 1. The summed E-state index contributed by atoms with van der Waals surface area (Å²) in [5, 5.41) is 10.7. The molecule has 0 radical (unpaired) electrons. The highest BCUT2D eigenvalue weighted by molar-refractivity contribution is 9.10. The Morgan fingerprint density at radius 2 is 2.11 bits per heavy atom. The first-order valence-corrected chi connectivity index (χ1v) is 6.38. The molecule has 0 aliphatic carbocycles. The first-order valence-electron chi connectivity index (χ1n) is 5.59. The van der Waals surface area contributed by atoms with Crippen molar-refractivity contribution >= 4 is 27.5 Å². The normalized spacial score (nSPS) is 10.3. The van der Waals surface area contributed by atoms with Crippen LogP contribution in [0, 0.1) is 5.82 Å². The quantitative estimate of drug-likeness (QED) is 0.939. The summed E-state index contributed by atoms with van der Waals surface area (Å²) in [6, 6.07) is 7.94. The average molecular weight is 324 g/mol. The fourth-order valence-corrected chi connectivity index (χ4v) is 1.84. The van der Waals surface area contributed by atoms with E-state index in [2.05, 4.69) is 31.4 Å². The van der Waals surface area contributed by atoms with Gasteiger partial charge in [-0.2, -0.15) is 0 Å². The molecule has 1 aromatic carbocycles. The molecule has 2 aromatic rings. The molecule has 1 N–H and O–H groups in total. The lowest BCUT2D eigenvalue weighted by Gasteiger charge is -2.05. The van der Waals surface area contributed by atoms with Crippen molar-refractivity contribution in [2.45, 2.75) is 6.92 Å². The van der Waals surface area contributed by atoms with Crippen LogP contribution < -0.4 is 5.32 Å². The van der Waals surface area contributed by atoms with Gasteiger partial charge in [-0.05, 0) is 37.3 Å². The van der Waals surface area contributed by atoms with Crippen LogP contribution in [0.25, 0.3) is 11.3 Å². The van der Waals surface area contributed by atoms with E-state index >= 15 is 0 Å². The Labute approximate surface area is 118 Å². The second kappa shape index (κ2) is 5.88. The zero-order valence-corrected chi connectivity index (χ0v) is 11.7. The van der Waals surface area contributed by atoms with Gasteiger partial charge in [0.1, 0.15) is 17.4 Å². The fraction of sp³-hybridized carbons (Fsp3) is 0.154. The predicted molar refractivity (Wildman–Crippen MR) is 74.3 cm³/mol. The highest BCUT2D eigenvalue weighted by atomic mass is 79.9. The molecule has 0 atom stereocenters. The third-order valence-corrected chi connectivity index (χ3v) is 2.88. The minimum Gasteiger partial charge on any atom is -0.362 e. The molecular weight excluding hydrogens is 313 g/mol. The number of carbonyl (C=O) groups excluding carboxylic acids is 1. The third kappa shape index (κ3) is 3.57. The lowest BCUT2D eigenvalue weighted by Crippen LogP contribution is -2.11. The van der Waals surface area contributed by atoms with E-state index < -0.39 is 0 Å². The standard InChI is InChI=1S/C13H11BrFN3O/c1-8(19)7-16-13-5-4-12(17-18-13)10-6-9(14)2-3-11(10)15/h2-6H,7H2,1H3,(H,16,18). The van der Waals surface area contributed by atoms with Gasteiger partial charge in [0.15, 0.2) is 0 Å². The van der Waals surface area contributed by atoms with Crippen molar-refractivity contribution in [3.8, 4) is 11.3 Å². The fourth-order valence-electron chi connectivity index (χ4n) is 1.48. The number of nitrogens with zero attached hydrogens (tertiary/aromatic N) is 2. The molecule has 1 aromatic heterocycles. The Morgan fingerprint density at radius 1 is 1.32 bits per heavy atom. The van der Waals surface area contributed by atoms with Gasteiger partial charge < -0.3 is 5.32 Å². The van der Waals surface area contributed by atoms with Crippen molar-refractivity contribution in [1.29, 1.82) is 0 Å². The molecule has 98 valence electrons. The lowest BCUT2D eigenvalue weighted by molar-refractivity contribution is -0.115. The summed E-state index contributed by atoms with van der Waals surface area (Å²) in [7, 11) is 0. The smallest absolute Gasteiger partial charge is 0.149 e. The van der Waals surface area contributed by atoms with Crippen LogP contribution in [0.5, 0.6) is 0 Å². The number of anilines is 1. The molecule has 0 amide bonds. The molecule has 0 saturated heterocycles. The van der Waals surface area contributed by atoms with Gasteiger partial charge in [-0.25, -0.2) is 4.39 Å². The Kier molecular flexibility index (Phi) is 4.21. The van der Waals surface area contributed by atoms with Crippen molar-refractivity contribution in [2.24, 2.45) is 0 Å². The van der Waals surface area contributed by atoms with Crippen molar-refractivity contribution in [3.63, 3.8) is 0 Å². The van der Waals surface area contributed by atoms with Gasteiger partial charge >= 0.3 is 0 Å². The van der Waals surface area contributed by atoms with Crippen LogP contribution in [0.3, 0.4) is 0 Å². The molecule has 0 aliphatic heterocycles. The number of aromatic nitrogens is 2. The van der Waals surface area contributed by atoms with Gasteiger partial charge in [0.2, 0.25) is 0 Å². The molecule has 1 heterocycles. The van der Waals surface area contributed by atoms with E-state index in [1.165, 1.54) is 13.0 Å². The maximum Gasteiger partial charge on any atom is 0.149 e. The van der Waals surface area contributed by atoms with Crippen LogP contribution in [0.1, 0.15) is 6.92 Å². The Balaban J connectivity index is 2.22. The van der Waals surface area contributed by atoms with Crippen LogP contribution in [0.15, 0.2) is 34.8 Å². The number of benzene rings is 1. The molecular formula is C13H11BrFN3O. The van der Waals surface area contributed by atoms with E-state index in [1.54, 1.807) is 24.3 Å². The highest BCUT2D eigenvalue weighted by Crippen LogP contribution is 2.24. The number of hydrogen-bond acceptors (Lipinski definition) is 4. The zero-order valence-electron chi connectivity index (χ0n) is 10.2. The molecule has 4 nitrogen and oxygen atoms in total. The predicted octanol–water partition coefficient (Wildman–Crippen LogP) is 3.05. The van der Waals surface area contributed by atoms with E-state index in [1.807, 2.05) is 0 Å². The maximum atomic E-state index is 13.7. The summed E-state index contributed by atoms with van der Waals surface area (Å²) in [5.41, 5.74) is 0.812. The third-order valence-electron chi connectivity index (χ3n) is 2.39. The maximum absolute atomic E-state index is 13.7. The van der Waals surface area contributed by atoms with E-state index in [9.17, 15) is 9.18 Å². The van der Waals surface area contributed by atoms with Gasteiger partial charge in [0, 0.05) is 10.0 Å². The topological polar surface area (TPSA) is 54.9 Å². The number of halogens is 2. The minimum absolute atomic E-state index is 0.00362. The second-order valence-electron chi connectivity index (χ2n) is 3.98. The van der Waals surface area contributed by atoms with Crippen molar-refractivity contribution in [2.75, 3.05) is 11.9 Å². The number of rotatable bonds is 4. The highest BCUT2D eigenvalue weighted by Gasteiger charge is 2.08. The Hall–Kier alpha value is -1.82. The molecule has 19 heavy (non-hydrogen) atoms. The second-order valence-corrected chi connectivity index (χ2v) is 4.90.